The van der Waals surface area contributed by atoms with Gasteiger partial charge in [0.05, 0.1) is 0 Å². The summed E-state index contributed by atoms with van der Waals surface area (Å²) in [5, 5.41) is 7.00. The highest BCUT2D eigenvalue weighted by atomic mass is 15.5. The lowest BCUT2D eigenvalue weighted by molar-refractivity contribution is 0.231. The molecule has 0 aliphatic heterocycles. The summed E-state index contributed by atoms with van der Waals surface area (Å²) < 4.78 is 0. The lowest BCUT2D eigenvalue weighted by atomic mass is 9.96. The summed E-state index contributed by atoms with van der Waals surface area (Å²) in [6.45, 7) is 11.2. The Kier molecular flexibility index (Phi) is 9.20. The average molecular weight is 240 g/mol. The fourth-order valence-corrected chi connectivity index (χ4v) is 2.46. The third kappa shape index (κ3) is 6.09. The minimum atomic E-state index is 0.606. The largest absolute Gasteiger partial charge is 0.297 e. The minimum absolute atomic E-state index is 0.606. The Morgan fingerprint density at radius 1 is 1.00 bits per heavy atom. The molecule has 0 spiro atoms. The van der Waals surface area contributed by atoms with Gasteiger partial charge in [-0.2, -0.15) is 5.10 Å². The molecule has 0 saturated carbocycles. The van der Waals surface area contributed by atoms with Crippen LogP contribution in [0.25, 0.3) is 0 Å². The Bertz CT molecular complexity index is 211. The first-order valence-electron chi connectivity index (χ1n) is 7.38. The maximum Gasteiger partial charge on any atom is 0.0464 e. The van der Waals surface area contributed by atoms with Gasteiger partial charge in [-0.25, -0.2) is 0 Å². The Balaban J connectivity index is 4.50. The second-order valence-electron chi connectivity index (χ2n) is 5.06. The zero-order chi connectivity index (χ0) is 13.3. The monoisotopic (exact) mass is 240 g/mol. The van der Waals surface area contributed by atoms with Crippen molar-refractivity contribution < 1.29 is 0 Å². The number of hydrazone groups is 1. The normalized spacial score (nSPS) is 15.8. The average Bonchev–Trinajstić information content (AvgIpc) is 2.32. The van der Waals surface area contributed by atoms with Gasteiger partial charge in [0.2, 0.25) is 0 Å². The van der Waals surface area contributed by atoms with Crippen molar-refractivity contribution in [2.24, 2.45) is 11.0 Å². The molecule has 0 radical (unpaired) electrons. The first-order valence-corrected chi connectivity index (χ1v) is 7.38. The molecule has 17 heavy (non-hydrogen) atoms. The lowest BCUT2D eigenvalue weighted by Crippen LogP contribution is -2.28. The van der Waals surface area contributed by atoms with Gasteiger partial charge in [0, 0.05) is 18.8 Å². The molecule has 0 heterocycles. The first kappa shape index (κ1) is 16.5. The number of rotatable bonds is 9. The van der Waals surface area contributed by atoms with Crippen LogP contribution in [0.2, 0.25) is 0 Å². The van der Waals surface area contributed by atoms with Crippen molar-refractivity contribution in [1.29, 1.82) is 0 Å². The molecule has 0 fully saturated rings. The van der Waals surface area contributed by atoms with Gasteiger partial charge in [-0.15, -0.1) is 0 Å². The molecule has 102 valence electrons. The Labute approximate surface area is 108 Å². The maximum atomic E-state index is 4.81. The fraction of sp³-hybridized carbons (Fsp3) is 0.933. The van der Waals surface area contributed by atoms with Crippen LogP contribution in [0, 0.1) is 5.92 Å². The van der Waals surface area contributed by atoms with Gasteiger partial charge in [-0.1, -0.05) is 40.5 Å². The van der Waals surface area contributed by atoms with Crippen molar-refractivity contribution in [2.75, 3.05) is 7.05 Å². The Morgan fingerprint density at radius 2 is 1.59 bits per heavy atom. The fourth-order valence-electron chi connectivity index (χ4n) is 2.46. The number of hydrogen-bond acceptors (Lipinski definition) is 2. The van der Waals surface area contributed by atoms with E-state index in [0.29, 0.717) is 12.0 Å². The van der Waals surface area contributed by atoms with Crippen LogP contribution < -0.4 is 0 Å². The molecule has 2 unspecified atom stereocenters. The molecule has 0 rings (SSSR count). The molecule has 2 atom stereocenters. The molecule has 0 aromatic carbocycles. The molecular formula is C15H32N2. The summed E-state index contributed by atoms with van der Waals surface area (Å²) >= 11 is 0. The van der Waals surface area contributed by atoms with Gasteiger partial charge >= 0.3 is 0 Å². The first-order chi connectivity index (χ1) is 8.10. The molecule has 2 nitrogen and oxygen atoms in total. The van der Waals surface area contributed by atoms with E-state index in [2.05, 4.69) is 46.7 Å². The summed E-state index contributed by atoms with van der Waals surface area (Å²) in [6.07, 6.45) is 7.40. The third-order valence-electron chi connectivity index (χ3n) is 3.66. The van der Waals surface area contributed by atoms with Crippen molar-refractivity contribution in [3.63, 3.8) is 0 Å². The lowest BCUT2D eigenvalue weighted by Gasteiger charge is -2.26. The van der Waals surface area contributed by atoms with E-state index in [-0.39, 0.29) is 0 Å². The third-order valence-corrected chi connectivity index (χ3v) is 3.66. The smallest absolute Gasteiger partial charge is 0.0464 e. The Morgan fingerprint density at radius 3 is 2.00 bits per heavy atom. The van der Waals surface area contributed by atoms with Gasteiger partial charge in [-0.05, 0) is 38.5 Å². The van der Waals surface area contributed by atoms with Crippen molar-refractivity contribution in [3.05, 3.63) is 0 Å². The SMILES string of the molecule is CCCC(CC)/C(C)=N/N(C)C(CC)CCC. The zero-order valence-electron chi connectivity index (χ0n) is 12.8. The predicted molar refractivity (Wildman–Crippen MR) is 78.5 cm³/mol. The summed E-state index contributed by atoms with van der Waals surface area (Å²) in [4.78, 5) is 0. The maximum absolute atomic E-state index is 4.81. The van der Waals surface area contributed by atoms with Gasteiger partial charge in [0.1, 0.15) is 0 Å². The van der Waals surface area contributed by atoms with E-state index in [9.17, 15) is 0 Å². The van der Waals surface area contributed by atoms with Crippen LogP contribution in [-0.4, -0.2) is 23.8 Å². The molecular weight excluding hydrogens is 208 g/mol. The molecule has 0 N–H and O–H groups in total. The van der Waals surface area contributed by atoms with E-state index in [4.69, 9.17) is 5.10 Å². The highest BCUT2D eigenvalue weighted by Crippen LogP contribution is 2.15. The highest BCUT2D eigenvalue weighted by Gasteiger charge is 2.13. The molecule has 0 aliphatic carbocycles. The van der Waals surface area contributed by atoms with Crippen molar-refractivity contribution in [1.82, 2.24) is 5.01 Å². The number of hydrogen-bond donors (Lipinski definition) is 0. The number of nitrogens with zero attached hydrogens (tertiary/aromatic N) is 2. The van der Waals surface area contributed by atoms with E-state index < -0.39 is 0 Å². The van der Waals surface area contributed by atoms with E-state index in [1.165, 1.54) is 44.2 Å². The second-order valence-corrected chi connectivity index (χ2v) is 5.06. The van der Waals surface area contributed by atoms with Crippen LogP contribution in [0.15, 0.2) is 5.10 Å². The Hall–Kier alpha value is -0.530. The van der Waals surface area contributed by atoms with Crippen LogP contribution >= 0.6 is 0 Å². The quantitative estimate of drug-likeness (QED) is 0.421. The van der Waals surface area contributed by atoms with Gasteiger partial charge in [0.25, 0.3) is 0 Å². The van der Waals surface area contributed by atoms with Crippen LogP contribution in [0.5, 0.6) is 0 Å². The van der Waals surface area contributed by atoms with E-state index in [0.717, 1.165) is 0 Å². The summed E-state index contributed by atoms with van der Waals surface area (Å²) in [5.74, 6) is 0.668. The molecule has 0 amide bonds. The molecule has 2 heteroatoms. The second kappa shape index (κ2) is 9.49. The van der Waals surface area contributed by atoms with E-state index in [1.54, 1.807) is 0 Å². The van der Waals surface area contributed by atoms with Crippen LogP contribution in [0.4, 0.5) is 0 Å². The summed E-state index contributed by atoms with van der Waals surface area (Å²) in [7, 11) is 2.13. The van der Waals surface area contributed by atoms with E-state index >= 15 is 0 Å². The molecule has 0 saturated heterocycles. The summed E-state index contributed by atoms with van der Waals surface area (Å²) in [6, 6.07) is 0.606. The van der Waals surface area contributed by atoms with Gasteiger partial charge in [0.15, 0.2) is 0 Å². The predicted octanol–water partition coefficient (Wildman–Crippen LogP) is 4.70. The summed E-state index contributed by atoms with van der Waals surface area (Å²) in [5.41, 5.74) is 1.31. The molecule has 0 aliphatic rings. The molecule has 0 aromatic rings. The van der Waals surface area contributed by atoms with Crippen molar-refractivity contribution in [3.8, 4) is 0 Å². The standard InChI is InChI=1S/C15H32N2/c1-7-11-14(9-3)13(5)16-17(6)15(10-4)12-8-2/h14-15H,7-12H2,1-6H3/b16-13+. The highest BCUT2D eigenvalue weighted by molar-refractivity contribution is 5.84. The van der Waals surface area contributed by atoms with Crippen molar-refractivity contribution in [2.45, 2.75) is 79.2 Å². The van der Waals surface area contributed by atoms with Crippen LogP contribution in [0.1, 0.15) is 73.1 Å². The zero-order valence-corrected chi connectivity index (χ0v) is 12.8. The van der Waals surface area contributed by atoms with Gasteiger partial charge < -0.3 is 0 Å². The van der Waals surface area contributed by atoms with Gasteiger partial charge in [-0.3, -0.25) is 5.01 Å². The van der Waals surface area contributed by atoms with Crippen molar-refractivity contribution >= 4 is 5.71 Å². The topological polar surface area (TPSA) is 15.6 Å². The molecule has 0 aromatic heterocycles. The van der Waals surface area contributed by atoms with Crippen LogP contribution in [0.3, 0.4) is 0 Å². The minimum Gasteiger partial charge on any atom is -0.297 e. The van der Waals surface area contributed by atoms with Crippen LogP contribution in [-0.2, 0) is 0 Å². The van der Waals surface area contributed by atoms with E-state index in [1.807, 2.05) is 0 Å². The molecule has 0 bridgehead atoms.